The lowest BCUT2D eigenvalue weighted by atomic mass is 9.72. The van der Waals surface area contributed by atoms with Crippen molar-refractivity contribution in [1.82, 2.24) is 5.43 Å². The monoisotopic (exact) mass is 290 g/mol. The predicted molar refractivity (Wildman–Crippen MR) is 83.2 cm³/mol. The third kappa shape index (κ3) is 2.87. The van der Waals surface area contributed by atoms with Gasteiger partial charge in [0.05, 0.1) is 6.04 Å². The number of hydrogen-bond donors (Lipinski definition) is 2. The molecule has 1 saturated carbocycles. The number of fused-ring (bicyclic) bond motifs is 1. The van der Waals surface area contributed by atoms with Gasteiger partial charge in [0, 0.05) is 5.56 Å². The molecular weight excluding hydrogens is 264 g/mol. The van der Waals surface area contributed by atoms with Crippen molar-refractivity contribution in [2.24, 2.45) is 23.6 Å². The molecule has 116 valence electrons. The Bertz CT molecular complexity index is 492. The van der Waals surface area contributed by atoms with Crippen molar-refractivity contribution in [2.45, 2.75) is 39.2 Å². The van der Waals surface area contributed by atoms with E-state index < -0.39 is 0 Å². The van der Waals surface area contributed by atoms with Gasteiger partial charge in [-0.05, 0) is 36.7 Å². The molecule has 4 unspecified atom stereocenters. The molecule has 0 spiro atoms. The molecule has 4 atom stereocenters. The number of benzene rings is 1. The molecule has 21 heavy (non-hydrogen) atoms. The summed E-state index contributed by atoms with van der Waals surface area (Å²) < 4.78 is 11.5. The standard InChI is InChI=1S/C17H26N2O2/c1-11-6-7-13(10-12(11)2)16(19-18)14-4-3-5-15-17(14)21-9-8-20-15/h3-5,11-13,16,19H,6-10,18H2,1-2H3. The smallest absolute Gasteiger partial charge is 0.166 e. The minimum absolute atomic E-state index is 0.136. The van der Waals surface area contributed by atoms with Gasteiger partial charge in [-0.3, -0.25) is 11.3 Å². The topological polar surface area (TPSA) is 56.5 Å². The second-order valence-electron chi connectivity index (χ2n) is 6.54. The van der Waals surface area contributed by atoms with Gasteiger partial charge in [-0.15, -0.1) is 0 Å². The van der Waals surface area contributed by atoms with E-state index in [0.29, 0.717) is 19.1 Å². The number of ether oxygens (including phenoxy) is 2. The van der Waals surface area contributed by atoms with Crippen LogP contribution in [0.3, 0.4) is 0 Å². The van der Waals surface area contributed by atoms with E-state index in [-0.39, 0.29) is 6.04 Å². The number of nitrogens with two attached hydrogens (primary N) is 1. The van der Waals surface area contributed by atoms with Crippen LogP contribution in [0.25, 0.3) is 0 Å². The summed E-state index contributed by atoms with van der Waals surface area (Å²) in [5.74, 6) is 9.73. The van der Waals surface area contributed by atoms with Gasteiger partial charge in [0.1, 0.15) is 13.2 Å². The van der Waals surface area contributed by atoms with Crippen LogP contribution in [-0.4, -0.2) is 13.2 Å². The zero-order valence-corrected chi connectivity index (χ0v) is 13.0. The van der Waals surface area contributed by atoms with Crippen molar-refractivity contribution < 1.29 is 9.47 Å². The Kier molecular flexibility index (Phi) is 4.36. The van der Waals surface area contributed by atoms with Crippen LogP contribution < -0.4 is 20.7 Å². The van der Waals surface area contributed by atoms with E-state index in [1.54, 1.807) is 0 Å². The van der Waals surface area contributed by atoms with Crippen LogP contribution in [0.2, 0.25) is 0 Å². The average molecular weight is 290 g/mol. The summed E-state index contributed by atoms with van der Waals surface area (Å²) in [6, 6.07) is 6.25. The predicted octanol–water partition coefficient (Wildman–Crippen LogP) is 3.03. The molecule has 0 saturated heterocycles. The summed E-state index contributed by atoms with van der Waals surface area (Å²) in [6.07, 6.45) is 3.70. The fourth-order valence-corrected chi connectivity index (χ4v) is 3.71. The highest BCUT2D eigenvalue weighted by molar-refractivity contribution is 5.49. The molecule has 0 bridgehead atoms. The van der Waals surface area contributed by atoms with E-state index in [0.717, 1.165) is 28.9 Å². The van der Waals surface area contributed by atoms with E-state index in [1.165, 1.54) is 19.3 Å². The molecule has 4 nitrogen and oxygen atoms in total. The molecule has 4 heteroatoms. The maximum atomic E-state index is 5.90. The van der Waals surface area contributed by atoms with Gasteiger partial charge in [0.2, 0.25) is 0 Å². The second-order valence-corrected chi connectivity index (χ2v) is 6.54. The fraction of sp³-hybridized carbons (Fsp3) is 0.647. The molecule has 1 aromatic carbocycles. The van der Waals surface area contributed by atoms with Crippen LogP contribution in [-0.2, 0) is 0 Å². The highest BCUT2D eigenvalue weighted by Gasteiger charge is 2.33. The summed E-state index contributed by atoms with van der Waals surface area (Å²) in [5, 5.41) is 0. The van der Waals surface area contributed by atoms with Crippen molar-refractivity contribution >= 4 is 0 Å². The molecule has 1 aliphatic carbocycles. The minimum atomic E-state index is 0.136. The van der Waals surface area contributed by atoms with Crippen molar-refractivity contribution in [3.8, 4) is 11.5 Å². The molecule has 3 N–H and O–H groups in total. The van der Waals surface area contributed by atoms with Gasteiger partial charge in [-0.25, -0.2) is 0 Å². The first kappa shape index (κ1) is 14.7. The largest absolute Gasteiger partial charge is 0.486 e. The zero-order chi connectivity index (χ0) is 14.8. The Labute approximate surface area is 127 Å². The summed E-state index contributed by atoms with van der Waals surface area (Å²) in [4.78, 5) is 0. The van der Waals surface area contributed by atoms with Crippen LogP contribution in [0, 0.1) is 17.8 Å². The molecule has 1 fully saturated rings. The molecule has 3 rings (SSSR count). The van der Waals surface area contributed by atoms with E-state index in [9.17, 15) is 0 Å². The maximum absolute atomic E-state index is 5.90. The molecule has 0 radical (unpaired) electrons. The Morgan fingerprint density at radius 3 is 2.71 bits per heavy atom. The lowest BCUT2D eigenvalue weighted by molar-refractivity contribution is 0.153. The van der Waals surface area contributed by atoms with Crippen molar-refractivity contribution in [3.63, 3.8) is 0 Å². The fourth-order valence-electron chi connectivity index (χ4n) is 3.71. The number of rotatable bonds is 3. The number of hydrogen-bond acceptors (Lipinski definition) is 4. The van der Waals surface area contributed by atoms with Gasteiger partial charge in [-0.1, -0.05) is 32.4 Å². The lowest BCUT2D eigenvalue weighted by Crippen LogP contribution is -2.37. The van der Waals surface area contributed by atoms with E-state index in [2.05, 4.69) is 25.3 Å². The minimum Gasteiger partial charge on any atom is -0.486 e. The quantitative estimate of drug-likeness (QED) is 0.663. The Balaban J connectivity index is 1.87. The van der Waals surface area contributed by atoms with Crippen LogP contribution in [0.4, 0.5) is 0 Å². The summed E-state index contributed by atoms with van der Waals surface area (Å²) >= 11 is 0. The first-order chi connectivity index (χ1) is 10.2. The third-order valence-corrected chi connectivity index (χ3v) is 5.22. The Hall–Kier alpha value is -1.26. The Morgan fingerprint density at radius 2 is 1.95 bits per heavy atom. The number of hydrazine groups is 1. The summed E-state index contributed by atoms with van der Waals surface area (Å²) in [6.45, 7) is 5.94. The Morgan fingerprint density at radius 1 is 1.14 bits per heavy atom. The first-order valence-electron chi connectivity index (χ1n) is 8.05. The number of nitrogens with one attached hydrogen (secondary N) is 1. The first-order valence-corrected chi connectivity index (χ1v) is 8.05. The van der Waals surface area contributed by atoms with Crippen molar-refractivity contribution in [3.05, 3.63) is 23.8 Å². The van der Waals surface area contributed by atoms with Gasteiger partial charge in [-0.2, -0.15) is 0 Å². The molecule has 0 aromatic heterocycles. The van der Waals surface area contributed by atoms with Crippen molar-refractivity contribution in [1.29, 1.82) is 0 Å². The number of para-hydroxylation sites is 1. The molecule has 1 aliphatic heterocycles. The van der Waals surface area contributed by atoms with Gasteiger partial charge >= 0.3 is 0 Å². The molecular formula is C17H26N2O2. The summed E-state index contributed by atoms with van der Waals surface area (Å²) in [5.41, 5.74) is 4.18. The van der Waals surface area contributed by atoms with Crippen LogP contribution in [0.1, 0.15) is 44.7 Å². The second kappa shape index (κ2) is 6.24. The highest BCUT2D eigenvalue weighted by atomic mass is 16.6. The van der Waals surface area contributed by atoms with Crippen LogP contribution in [0.5, 0.6) is 11.5 Å². The molecule has 0 amide bonds. The SMILES string of the molecule is CC1CCC(C(NN)c2cccc3c2OCCO3)CC1C. The molecule has 1 aromatic rings. The van der Waals surface area contributed by atoms with E-state index >= 15 is 0 Å². The van der Waals surface area contributed by atoms with Gasteiger partial charge < -0.3 is 9.47 Å². The highest BCUT2D eigenvalue weighted by Crippen LogP contribution is 2.44. The zero-order valence-electron chi connectivity index (χ0n) is 13.0. The lowest BCUT2D eigenvalue weighted by Gasteiger charge is -2.37. The van der Waals surface area contributed by atoms with Crippen LogP contribution >= 0.6 is 0 Å². The molecule has 1 heterocycles. The van der Waals surface area contributed by atoms with Crippen molar-refractivity contribution in [2.75, 3.05) is 13.2 Å². The third-order valence-electron chi connectivity index (χ3n) is 5.22. The van der Waals surface area contributed by atoms with E-state index in [4.69, 9.17) is 15.3 Å². The normalized spacial score (nSPS) is 30.0. The maximum Gasteiger partial charge on any atom is 0.166 e. The van der Waals surface area contributed by atoms with Gasteiger partial charge in [0.25, 0.3) is 0 Å². The summed E-state index contributed by atoms with van der Waals surface area (Å²) in [7, 11) is 0. The van der Waals surface area contributed by atoms with Crippen LogP contribution in [0.15, 0.2) is 18.2 Å². The van der Waals surface area contributed by atoms with E-state index in [1.807, 2.05) is 12.1 Å². The molecule has 2 aliphatic rings. The average Bonchev–Trinajstić information content (AvgIpc) is 2.52. The van der Waals surface area contributed by atoms with Gasteiger partial charge in [0.15, 0.2) is 11.5 Å².